The second kappa shape index (κ2) is 7.98. The van der Waals surface area contributed by atoms with Crippen LogP contribution in [0.4, 0.5) is 8.78 Å². The molecule has 0 unspecified atom stereocenters. The van der Waals surface area contributed by atoms with Crippen LogP contribution in [0.15, 0.2) is 12.1 Å². The normalized spacial score (nSPS) is 18.3. The van der Waals surface area contributed by atoms with E-state index in [1.165, 1.54) is 6.07 Å². The van der Waals surface area contributed by atoms with Crippen molar-refractivity contribution in [1.82, 2.24) is 10.2 Å². The third-order valence-corrected chi connectivity index (χ3v) is 4.56. The zero-order chi connectivity index (χ0) is 16.9. The van der Waals surface area contributed by atoms with Gasteiger partial charge in [-0.2, -0.15) is 8.78 Å². The van der Waals surface area contributed by atoms with Crippen LogP contribution in [0, 0.1) is 5.92 Å². The Morgan fingerprint density at radius 2 is 1.96 bits per heavy atom. The molecule has 1 aromatic carbocycles. The molecular formula is C17H24F2N2O3. The summed E-state index contributed by atoms with van der Waals surface area (Å²) in [6.07, 6.45) is 2.23. The van der Waals surface area contributed by atoms with Gasteiger partial charge in [0.15, 0.2) is 11.5 Å². The van der Waals surface area contributed by atoms with E-state index in [0.29, 0.717) is 29.5 Å². The maximum atomic E-state index is 12.7. The maximum Gasteiger partial charge on any atom is 0.387 e. The van der Waals surface area contributed by atoms with Crippen molar-refractivity contribution in [3.63, 3.8) is 0 Å². The first-order valence-electron chi connectivity index (χ1n) is 8.46. The van der Waals surface area contributed by atoms with Crippen LogP contribution in [0.5, 0.6) is 17.2 Å². The van der Waals surface area contributed by atoms with E-state index in [2.05, 4.69) is 21.9 Å². The Morgan fingerprint density at radius 1 is 1.25 bits per heavy atom. The molecule has 1 saturated heterocycles. The van der Waals surface area contributed by atoms with Crippen LogP contribution in [0.2, 0.25) is 0 Å². The molecule has 1 N–H and O–H groups in total. The monoisotopic (exact) mass is 342 g/mol. The highest BCUT2D eigenvalue weighted by molar-refractivity contribution is 5.51. The lowest BCUT2D eigenvalue weighted by Gasteiger charge is -2.32. The standard InChI is InChI=1S/C17H24F2N2O3/c1-2-20-9-12-3-5-21(6-4-12)10-13-7-15-16(23-11-22-15)8-14(13)24-17(18)19/h7-8,12,17,20H,2-6,9-11H2,1H3. The van der Waals surface area contributed by atoms with Crippen LogP contribution in [-0.2, 0) is 6.54 Å². The largest absolute Gasteiger partial charge is 0.454 e. The first-order valence-corrected chi connectivity index (χ1v) is 8.46. The summed E-state index contributed by atoms with van der Waals surface area (Å²) in [5, 5.41) is 3.39. The van der Waals surface area contributed by atoms with Gasteiger partial charge < -0.3 is 19.5 Å². The number of halogens is 2. The van der Waals surface area contributed by atoms with Gasteiger partial charge in [0.2, 0.25) is 6.79 Å². The predicted octanol–water partition coefficient (Wildman–Crippen LogP) is 2.84. The second-order valence-corrected chi connectivity index (χ2v) is 6.22. The van der Waals surface area contributed by atoms with Crippen molar-refractivity contribution in [3.8, 4) is 17.2 Å². The first kappa shape index (κ1) is 17.2. The number of fused-ring (bicyclic) bond motifs is 1. The average Bonchev–Trinajstić information content (AvgIpc) is 3.01. The number of nitrogens with zero attached hydrogens (tertiary/aromatic N) is 1. The fourth-order valence-corrected chi connectivity index (χ4v) is 3.23. The van der Waals surface area contributed by atoms with Gasteiger partial charge in [0.05, 0.1) is 0 Å². The molecule has 24 heavy (non-hydrogen) atoms. The summed E-state index contributed by atoms with van der Waals surface area (Å²) < 4.78 is 40.7. The number of ether oxygens (including phenoxy) is 3. The van der Waals surface area contributed by atoms with Crippen molar-refractivity contribution < 1.29 is 23.0 Å². The van der Waals surface area contributed by atoms with Crippen LogP contribution in [0.25, 0.3) is 0 Å². The number of nitrogens with one attached hydrogen (secondary N) is 1. The fourth-order valence-electron chi connectivity index (χ4n) is 3.23. The summed E-state index contributed by atoms with van der Waals surface area (Å²) in [5.74, 6) is 1.91. The number of benzene rings is 1. The highest BCUT2D eigenvalue weighted by Crippen LogP contribution is 2.39. The van der Waals surface area contributed by atoms with Gasteiger partial charge in [0, 0.05) is 18.2 Å². The third kappa shape index (κ3) is 4.27. The minimum Gasteiger partial charge on any atom is -0.454 e. The highest BCUT2D eigenvalue weighted by Gasteiger charge is 2.23. The van der Waals surface area contributed by atoms with Gasteiger partial charge >= 0.3 is 6.61 Å². The molecule has 0 radical (unpaired) electrons. The summed E-state index contributed by atoms with van der Waals surface area (Å²) in [5.41, 5.74) is 0.713. The fraction of sp³-hybridized carbons (Fsp3) is 0.647. The molecule has 0 amide bonds. The zero-order valence-electron chi connectivity index (χ0n) is 13.9. The van der Waals surface area contributed by atoms with Gasteiger partial charge in [-0.05, 0) is 51.0 Å². The van der Waals surface area contributed by atoms with Crippen LogP contribution in [0.3, 0.4) is 0 Å². The Hall–Kier alpha value is -1.60. The molecule has 0 bridgehead atoms. The molecule has 0 aromatic heterocycles. The van der Waals surface area contributed by atoms with Crippen molar-refractivity contribution in [3.05, 3.63) is 17.7 Å². The average molecular weight is 342 g/mol. The van der Waals surface area contributed by atoms with E-state index in [9.17, 15) is 8.78 Å². The number of likely N-dealkylation sites (tertiary alicyclic amines) is 1. The van der Waals surface area contributed by atoms with E-state index < -0.39 is 6.61 Å². The van der Waals surface area contributed by atoms with Crippen molar-refractivity contribution in [1.29, 1.82) is 0 Å². The van der Waals surface area contributed by atoms with Gasteiger partial charge in [-0.25, -0.2) is 0 Å². The van der Waals surface area contributed by atoms with Gasteiger partial charge in [-0.15, -0.1) is 0 Å². The Morgan fingerprint density at radius 3 is 2.62 bits per heavy atom. The lowest BCUT2D eigenvalue weighted by atomic mass is 9.96. The van der Waals surface area contributed by atoms with E-state index in [0.717, 1.165) is 39.0 Å². The van der Waals surface area contributed by atoms with Crippen LogP contribution < -0.4 is 19.5 Å². The maximum absolute atomic E-state index is 12.7. The summed E-state index contributed by atoms with van der Waals surface area (Å²) in [7, 11) is 0. The summed E-state index contributed by atoms with van der Waals surface area (Å²) in [4.78, 5) is 2.28. The molecule has 1 fully saturated rings. The van der Waals surface area contributed by atoms with Crippen molar-refractivity contribution in [2.45, 2.75) is 32.9 Å². The molecule has 0 spiro atoms. The molecule has 7 heteroatoms. The van der Waals surface area contributed by atoms with Crippen LogP contribution in [0.1, 0.15) is 25.3 Å². The van der Waals surface area contributed by atoms with Gasteiger partial charge in [0.25, 0.3) is 0 Å². The molecule has 2 aliphatic heterocycles. The number of hydrogen-bond acceptors (Lipinski definition) is 5. The third-order valence-electron chi connectivity index (χ3n) is 4.56. The lowest BCUT2D eigenvalue weighted by Crippen LogP contribution is -2.37. The van der Waals surface area contributed by atoms with E-state index >= 15 is 0 Å². The number of hydrogen-bond donors (Lipinski definition) is 1. The topological polar surface area (TPSA) is 43.0 Å². The molecule has 0 saturated carbocycles. The molecular weight excluding hydrogens is 318 g/mol. The number of alkyl halides is 2. The second-order valence-electron chi connectivity index (χ2n) is 6.22. The Labute approximate surface area is 140 Å². The minimum absolute atomic E-state index is 0.114. The molecule has 1 aromatic rings. The molecule has 0 atom stereocenters. The van der Waals surface area contributed by atoms with Gasteiger partial charge in [-0.1, -0.05) is 6.92 Å². The van der Waals surface area contributed by atoms with Crippen molar-refractivity contribution in [2.75, 3.05) is 33.0 Å². The predicted molar refractivity (Wildman–Crippen MR) is 85.7 cm³/mol. The first-order chi connectivity index (χ1) is 11.7. The number of rotatable bonds is 7. The molecule has 134 valence electrons. The Bertz CT molecular complexity index is 549. The quantitative estimate of drug-likeness (QED) is 0.825. The summed E-state index contributed by atoms with van der Waals surface area (Å²) in [6, 6.07) is 3.26. The van der Waals surface area contributed by atoms with Crippen molar-refractivity contribution in [2.24, 2.45) is 5.92 Å². The van der Waals surface area contributed by atoms with Gasteiger partial charge in [-0.3, -0.25) is 4.90 Å². The molecule has 5 nitrogen and oxygen atoms in total. The SMILES string of the molecule is CCNCC1CCN(Cc2cc3c(cc2OC(F)F)OCO3)CC1. The van der Waals surface area contributed by atoms with Crippen LogP contribution >= 0.6 is 0 Å². The summed E-state index contributed by atoms with van der Waals surface area (Å²) >= 11 is 0. The molecule has 0 aliphatic carbocycles. The number of piperidine rings is 1. The lowest BCUT2D eigenvalue weighted by molar-refractivity contribution is -0.0509. The molecule has 2 aliphatic rings. The molecule has 3 rings (SSSR count). The Kier molecular flexibility index (Phi) is 5.73. The van der Waals surface area contributed by atoms with E-state index in [1.54, 1.807) is 6.07 Å². The van der Waals surface area contributed by atoms with Gasteiger partial charge in [0.1, 0.15) is 5.75 Å². The minimum atomic E-state index is -2.85. The van der Waals surface area contributed by atoms with Crippen LogP contribution in [-0.4, -0.2) is 44.5 Å². The van der Waals surface area contributed by atoms with E-state index in [4.69, 9.17) is 9.47 Å². The Balaban J connectivity index is 1.64. The highest BCUT2D eigenvalue weighted by atomic mass is 19.3. The van der Waals surface area contributed by atoms with E-state index in [1.807, 2.05) is 0 Å². The van der Waals surface area contributed by atoms with Crippen molar-refractivity contribution >= 4 is 0 Å². The summed E-state index contributed by atoms with van der Waals surface area (Å²) in [6.45, 7) is 3.90. The smallest absolute Gasteiger partial charge is 0.387 e. The molecule has 2 heterocycles. The zero-order valence-corrected chi connectivity index (χ0v) is 13.9. The van der Waals surface area contributed by atoms with E-state index in [-0.39, 0.29) is 12.5 Å².